The molecule has 0 aliphatic rings. The van der Waals surface area contributed by atoms with Gasteiger partial charge in [0.15, 0.2) is 5.82 Å². The van der Waals surface area contributed by atoms with Crippen LogP contribution >= 0.6 is 0 Å². The summed E-state index contributed by atoms with van der Waals surface area (Å²) in [5.41, 5.74) is 6.83. The molecule has 0 aliphatic carbocycles. The van der Waals surface area contributed by atoms with Crippen LogP contribution in [0.4, 0.5) is 18.9 Å². The molecule has 4 nitrogen and oxygen atoms in total. The van der Waals surface area contributed by atoms with Crippen LogP contribution in [-0.2, 0) is 11.3 Å². The van der Waals surface area contributed by atoms with Crippen LogP contribution in [0.15, 0.2) is 36.5 Å². The first-order chi connectivity index (χ1) is 9.46. The van der Waals surface area contributed by atoms with E-state index < -0.39 is 12.8 Å². The number of halogens is 3. The quantitative estimate of drug-likeness (QED) is 0.937. The fourth-order valence-electron chi connectivity index (χ4n) is 1.53. The summed E-state index contributed by atoms with van der Waals surface area (Å²) < 4.78 is 40.6. The summed E-state index contributed by atoms with van der Waals surface area (Å²) in [6.07, 6.45) is -3.01. The van der Waals surface area contributed by atoms with Crippen molar-refractivity contribution in [3.05, 3.63) is 42.2 Å². The van der Waals surface area contributed by atoms with E-state index >= 15 is 0 Å². The predicted octanol–water partition coefficient (Wildman–Crippen LogP) is 2.80. The lowest BCUT2D eigenvalue weighted by molar-refractivity contribution is -0.176. The summed E-state index contributed by atoms with van der Waals surface area (Å²) in [6.45, 7) is -1.65. The molecular weight excluding hydrogens is 271 g/mol. The summed E-state index contributed by atoms with van der Waals surface area (Å²) in [6, 6.07) is 9.07. The number of nitrogens with two attached hydrogens (primary N) is 1. The van der Waals surface area contributed by atoms with Gasteiger partial charge in [0.1, 0.15) is 6.61 Å². The first kappa shape index (κ1) is 14.3. The lowest BCUT2D eigenvalue weighted by Crippen LogP contribution is -2.17. The van der Waals surface area contributed by atoms with Crippen molar-refractivity contribution in [2.75, 3.05) is 12.3 Å². The average molecular weight is 283 g/mol. The number of rotatable bonds is 4. The van der Waals surface area contributed by atoms with Crippen molar-refractivity contribution in [2.45, 2.75) is 12.8 Å². The SMILES string of the molecule is Nc1cnc(-c2ccccc2)nc1COCC(F)(F)F. The van der Waals surface area contributed by atoms with Gasteiger partial charge in [-0.15, -0.1) is 0 Å². The van der Waals surface area contributed by atoms with Gasteiger partial charge in [0.25, 0.3) is 0 Å². The van der Waals surface area contributed by atoms with Gasteiger partial charge in [0, 0.05) is 5.56 Å². The van der Waals surface area contributed by atoms with E-state index in [0.29, 0.717) is 5.82 Å². The minimum atomic E-state index is -4.37. The molecule has 0 radical (unpaired) electrons. The molecule has 1 heterocycles. The van der Waals surface area contributed by atoms with Gasteiger partial charge in [-0.25, -0.2) is 9.97 Å². The van der Waals surface area contributed by atoms with Gasteiger partial charge in [-0.3, -0.25) is 0 Å². The topological polar surface area (TPSA) is 61.0 Å². The number of alkyl halides is 3. The van der Waals surface area contributed by atoms with Gasteiger partial charge < -0.3 is 10.5 Å². The van der Waals surface area contributed by atoms with Gasteiger partial charge >= 0.3 is 6.18 Å². The molecule has 0 saturated heterocycles. The standard InChI is InChI=1S/C13H12F3N3O/c14-13(15,16)8-20-7-11-10(17)6-18-12(19-11)9-4-2-1-3-5-9/h1-6H,7-8,17H2. The van der Waals surface area contributed by atoms with E-state index in [4.69, 9.17) is 5.73 Å². The largest absolute Gasteiger partial charge is 0.411 e. The predicted molar refractivity (Wildman–Crippen MR) is 67.6 cm³/mol. The zero-order chi connectivity index (χ0) is 14.6. The number of nitrogens with zero attached hydrogens (tertiary/aromatic N) is 2. The molecule has 0 amide bonds. The molecule has 2 N–H and O–H groups in total. The number of anilines is 1. The Bertz CT molecular complexity index is 573. The van der Waals surface area contributed by atoms with Crippen LogP contribution in [0.2, 0.25) is 0 Å². The highest BCUT2D eigenvalue weighted by atomic mass is 19.4. The number of aromatic nitrogens is 2. The third-order valence-electron chi connectivity index (χ3n) is 2.44. The van der Waals surface area contributed by atoms with Crippen LogP contribution in [-0.4, -0.2) is 22.8 Å². The van der Waals surface area contributed by atoms with Crippen molar-refractivity contribution in [1.82, 2.24) is 9.97 Å². The highest BCUT2D eigenvalue weighted by molar-refractivity contribution is 5.56. The van der Waals surface area contributed by atoms with Crippen LogP contribution < -0.4 is 5.73 Å². The van der Waals surface area contributed by atoms with Gasteiger partial charge in [-0.05, 0) is 0 Å². The van der Waals surface area contributed by atoms with E-state index in [1.54, 1.807) is 12.1 Å². The molecule has 0 spiro atoms. The molecule has 1 aromatic carbocycles. The van der Waals surface area contributed by atoms with E-state index in [-0.39, 0.29) is 18.0 Å². The van der Waals surface area contributed by atoms with Crippen LogP contribution in [0.25, 0.3) is 11.4 Å². The lowest BCUT2D eigenvalue weighted by Gasteiger charge is -2.09. The molecule has 0 unspecified atom stereocenters. The van der Waals surface area contributed by atoms with Crippen molar-refractivity contribution in [2.24, 2.45) is 0 Å². The minimum Gasteiger partial charge on any atom is -0.396 e. The molecular formula is C13H12F3N3O. The van der Waals surface area contributed by atoms with E-state index in [9.17, 15) is 13.2 Å². The molecule has 1 aromatic heterocycles. The minimum absolute atomic E-state index is 0.201. The number of hydrogen-bond acceptors (Lipinski definition) is 4. The summed E-state index contributed by atoms with van der Waals surface area (Å²) in [7, 11) is 0. The van der Waals surface area contributed by atoms with Crippen molar-refractivity contribution in [3.8, 4) is 11.4 Å². The third-order valence-corrected chi connectivity index (χ3v) is 2.44. The maximum atomic E-state index is 12.0. The Hall–Kier alpha value is -2.15. The maximum absolute atomic E-state index is 12.0. The van der Waals surface area contributed by atoms with Gasteiger partial charge in [-0.1, -0.05) is 30.3 Å². The van der Waals surface area contributed by atoms with E-state index in [1.807, 2.05) is 18.2 Å². The second-order valence-electron chi connectivity index (χ2n) is 4.07. The average Bonchev–Trinajstić information content (AvgIpc) is 2.40. The molecule has 0 fully saturated rings. The second kappa shape index (κ2) is 5.87. The normalized spacial score (nSPS) is 11.6. The van der Waals surface area contributed by atoms with Gasteiger partial charge in [0.05, 0.1) is 24.2 Å². The Morgan fingerprint density at radius 3 is 2.50 bits per heavy atom. The fraction of sp³-hybridized carbons (Fsp3) is 0.231. The second-order valence-corrected chi connectivity index (χ2v) is 4.07. The molecule has 0 saturated carbocycles. The fourth-order valence-corrected chi connectivity index (χ4v) is 1.53. The Morgan fingerprint density at radius 1 is 1.15 bits per heavy atom. The molecule has 2 aromatic rings. The summed E-state index contributed by atoms with van der Waals surface area (Å²) >= 11 is 0. The highest BCUT2D eigenvalue weighted by Gasteiger charge is 2.27. The molecule has 0 bridgehead atoms. The molecule has 0 atom stereocenters. The van der Waals surface area contributed by atoms with Crippen molar-refractivity contribution in [1.29, 1.82) is 0 Å². The highest BCUT2D eigenvalue weighted by Crippen LogP contribution is 2.19. The Labute approximate surface area is 113 Å². The molecule has 7 heteroatoms. The summed E-state index contributed by atoms with van der Waals surface area (Å²) in [5.74, 6) is 0.394. The Kier molecular flexibility index (Phi) is 4.19. The van der Waals surface area contributed by atoms with Gasteiger partial charge in [0.2, 0.25) is 0 Å². The smallest absolute Gasteiger partial charge is 0.396 e. The molecule has 2 rings (SSSR count). The van der Waals surface area contributed by atoms with Crippen molar-refractivity contribution < 1.29 is 17.9 Å². The van der Waals surface area contributed by atoms with Crippen molar-refractivity contribution >= 4 is 5.69 Å². The summed E-state index contributed by atoms with van der Waals surface area (Å²) in [5, 5.41) is 0. The zero-order valence-electron chi connectivity index (χ0n) is 10.4. The van der Waals surface area contributed by atoms with E-state index in [1.165, 1.54) is 6.20 Å². The van der Waals surface area contributed by atoms with E-state index in [2.05, 4.69) is 14.7 Å². The maximum Gasteiger partial charge on any atom is 0.411 e. The first-order valence-corrected chi connectivity index (χ1v) is 5.77. The van der Waals surface area contributed by atoms with Crippen molar-refractivity contribution in [3.63, 3.8) is 0 Å². The van der Waals surface area contributed by atoms with Crippen LogP contribution in [0, 0.1) is 0 Å². The molecule has 20 heavy (non-hydrogen) atoms. The first-order valence-electron chi connectivity index (χ1n) is 5.77. The number of nitrogen functional groups attached to an aromatic ring is 1. The number of hydrogen-bond donors (Lipinski definition) is 1. The molecule has 0 aliphatic heterocycles. The summed E-state index contributed by atoms with van der Waals surface area (Å²) in [4.78, 5) is 8.19. The van der Waals surface area contributed by atoms with Gasteiger partial charge in [-0.2, -0.15) is 13.2 Å². The van der Waals surface area contributed by atoms with Crippen LogP contribution in [0.5, 0.6) is 0 Å². The van der Waals surface area contributed by atoms with E-state index in [0.717, 1.165) is 5.56 Å². The Morgan fingerprint density at radius 2 is 1.85 bits per heavy atom. The Balaban J connectivity index is 2.13. The third kappa shape index (κ3) is 3.92. The van der Waals surface area contributed by atoms with Crippen LogP contribution in [0.3, 0.4) is 0 Å². The molecule has 106 valence electrons. The zero-order valence-corrected chi connectivity index (χ0v) is 10.4. The lowest BCUT2D eigenvalue weighted by atomic mass is 10.2. The number of ether oxygens (including phenoxy) is 1. The monoisotopic (exact) mass is 283 g/mol. The number of benzene rings is 1. The van der Waals surface area contributed by atoms with Crippen LogP contribution in [0.1, 0.15) is 5.69 Å².